The van der Waals surface area contributed by atoms with E-state index in [2.05, 4.69) is 0 Å². The average Bonchev–Trinajstić information content (AvgIpc) is 1.83. The van der Waals surface area contributed by atoms with Gasteiger partial charge in [-0.2, -0.15) is 0 Å². The van der Waals surface area contributed by atoms with Crippen molar-refractivity contribution in [2.45, 2.75) is 12.8 Å². The molecule has 52 valence electrons. The molecule has 0 unspecified atom stereocenters. The lowest BCUT2D eigenvalue weighted by Gasteiger charge is -1.90. The number of hydrogen-bond acceptors (Lipinski definition) is 3. The minimum atomic E-state index is -0.961. The number of aliphatic carboxylic acids is 1. The van der Waals surface area contributed by atoms with E-state index in [1.807, 2.05) is 0 Å². The molecule has 3 N–H and O–H groups in total. The van der Waals surface area contributed by atoms with Gasteiger partial charge in [-0.05, 0) is 0 Å². The number of carboxylic acid groups (broad SMARTS) is 1. The quantitative estimate of drug-likeness (QED) is 0.499. The summed E-state index contributed by atoms with van der Waals surface area (Å²) in [7, 11) is 0. The Labute approximate surface area is 52.7 Å². The number of nitrogens with two attached hydrogens (primary N) is 1. The lowest BCUT2D eigenvalue weighted by Crippen LogP contribution is -2.14. The first-order chi connectivity index (χ1) is 4.16. The number of rotatable bonds is 4. The summed E-state index contributed by atoms with van der Waals surface area (Å²) in [4.78, 5) is 20.2. The van der Waals surface area contributed by atoms with Gasteiger partial charge in [-0.15, -0.1) is 0 Å². The molecule has 9 heavy (non-hydrogen) atoms. The van der Waals surface area contributed by atoms with E-state index in [-0.39, 0.29) is 25.2 Å². The highest BCUT2D eigenvalue weighted by molar-refractivity contribution is 5.83. The van der Waals surface area contributed by atoms with E-state index in [0.29, 0.717) is 0 Å². The topological polar surface area (TPSA) is 80.4 Å². The van der Waals surface area contributed by atoms with E-state index in [0.717, 1.165) is 0 Å². The summed E-state index contributed by atoms with van der Waals surface area (Å²) in [6.45, 7) is -0.0622. The molecule has 0 rings (SSSR count). The molecular weight excluding hydrogens is 123 g/mol. The second-order valence-electron chi connectivity index (χ2n) is 1.64. The van der Waals surface area contributed by atoms with Gasteiger partial charge in [0.15, 0.2) is 0 Å². The van der Waals surface area contributed by atoms with Crippen LogP contribution in [0.1, 0.15) is 12.8 Å². The molecule has 0 aliphatic rings. The van der Waals surface area contributed by atoms with E-state index in [1.165, 1.54) is 0 Å². The van der Waals surface area contributed by atoms with Crippen LogP contribution in [0, 0.1) is 0 Å². The lowest BCUT2D eigenvalue weighted by molar-refractivity contribution is -0.138. The van der Waals surface area contributed by atoms with Crippen molar-refractivity contribution in [2.75, 3.05) is 6.54 Å². The largest absolute Gasteiger partial charge is 0.481 e. The molecule has 0 bridgehead atoms. The summed E-state index contributed by atoms with van der Waals surface area (Å²) in [6, 6.07) is 0. The molecule has 0 aromatic rings. The molecule has 0 radical (unpaired) electrons. The Morgan fingerprint density at radius 2 is 1.89 bits per heavy atom. The maximum absolute atomic E-state index is 10.3. The number of carbonyl (C=O) groups is 2. The Morgan fingerprint density at radius 1 is 1.33 bits per heavy atom. The van der Waals surface area contributed by atoms with E-state index in [9.17, 15) is 9.59 Å². The Balaban J connectivity index is 3.28. The fourth-order valence-corrected chi connectivity index (χ4v) is 0.348. The van der Waals surface area contributed by atoms with Crippen molar-refractivity contribution in [2.24, 2.45) is 5.73 Å². The van der Waals surface area contributed by atoms with Crippen LogP contribution < -0.4 is 5.73 Å². The highest BCUT2D eigenvalue weighted by Gasteiger charge is 2.01. The highest BCUT2D eigenvalue weighted by atomic mass is 16.4. The van der Waals surface area contributed by atoms with Crippen molar-refractivity contribution in [3.63, 3.8) is 0 Å². The van der Waals surface area contributed by atoms with Crippen LogP contribution in [-0.4, -0.2) is 23.4 Å². The maximum Gasteiger partial charge on any atom is 0.303 e. The molecule has 4 nitrogen and oxygen atoms in total. The Bertz CT molecular complexity index is 121. The smallest absolute Gasteiger partial charge is 0.303 e. The van der Waals surface area contributed by atoms with Gasteiger partial charge in [-0.25, -0.2) is 0 Å². The van der Waals surface area contributed by atoms with Crippen LogP contribution in [0.5, 0.6) is 0 Å². The summed E-state index contributed by atoms with van der Waals surface area (Å²) in [5.41, 5.74) is 4.92. The van der Waals surface area contributed by atoms with Gasteiger partial charge in [0.2, 0.25) is 0 Å². The molecule has 0 atom stereocenters. The Morgan fingerprint density at radius 3 is 2.22 bits per heavy atom. The second-order valence-corrected chi connectivity index (χ2v) is 1.64. The van der Waals surface area contributed by atoms with Gasteiger partial charge >= 0.3 is 5.97 Å². The van der Waals surface area contributed by atoms with Crippen molar-refractivity contribution in [1.82, 2.24) is 0 Å². The predicted octanol–water partition coefficient (Wildman–Crippen LogP) is -0.621. The first-order valence-corrected chi connectivity index (χ1v) is 2.60. The second kappa shape index (κ2) is 4.03. The molecule has 4 heteroatoms. The fraction of sp³-hybridized carbons (Fsp3) is 0.600. The van der Waals surface area contributed by atoms with Crippen LogP contribution in [0.15, 0.2) is 0 Å². The van der Waals surface area contributed by atoms with Crippen LogP contribution >= 0.6 is 0 Å². The van der Waals surface area contributed by atoms with Crippen LogP contribution in [-0.2, 0) is 9.59 Å². The van der Waals surface area contributed by atoms with Crippen molar-refractivity contribution in [3.8, 4) is 0 Å². The van der Waals surface area contributed by atoms with Gasteiger partial charge in [0, 0.05) is 6.42 Å². The van der Waals surface area contributed by atoms with E-state index >= 15 is 0 Å². The van der Waals surface area contributed by atoms with Gasteiger partial charge in [0.05, 0.1) is 13.0 Å². The van der Waals surface area contributed by atoms with E-state index in [1.54, 1.807) is 0 Å². The summed E-state index contributed by atoms with van der Waals surface area (Å²) in [5.74, 6) is -1.17. The fourth-order valence-electron chi connectivity index (χ4n) is 0.348. The van der Waals surface area contributed by atoms with Crippen LogP contribution in [0.4, 0.5) is 0 Å². The summed E-state index contributed by atoms with van der Waals surface area (Å²) in [5, 5.41) is 8.06. The Hall–Kier alpha value is -0.900. The molecule has 0 aliphatic carbocycles. The molecule has 0 saturated heterocycles. The number of carbonyl (C=O) groups excluding carboxylic acids is 1. The summed E-state index contributed by atoms with van der Waals surface area (Å²) < 4.78 is 0. The third-order valence-corrected chi connectivity index (χ3v) is 0.845. The molecule has 0 amide bonds. The van der Waals surface area contributed by atoms with Crippen LogP contribution in [0.2, 0.25) is 0 Å². The van der Waals surface area contributed by atoms with Crippen molar-refractivity contribution >= 4 is 11.8 Å². The predicted molar refractivity (Wildman–Crippen MR) is 30.9 cm³/mol. The van der Waals surface area contributed by atoms with E-state index in [4.69, 9.17) is 10.8 Å². The van der Waals surface area contributed by atoms with Crippen molar-refractivity contribution in [1.29, 1.82) is 0 Å². The zero-order chi connectivity index (χ0) is 7.28. The minimum absolute atomic E-state index is 0.0475. The molecule has 0 heterocycles. The van der Waals surface area contributed by atoms with Gasteiger partial charge in [0.25, 0.3) is 0 Å². The molecule has 0 aromatic heterocycles. The van der Waals surface area contributed by atoms with Crippen LogP contribution in [0.25, 0.3) is 0 Å². The molecular formula is C5H9NO3. The van der Waals surface area contributed by atoms with Gasteiger partial charge in [-0.1, -0.05) is 0 Å². The van der Waals surface area contributed by atoms with Gasteiger partial charge in [-0.3, -0.25) is 9.59 Å². The number of Topliss-reactive ketones (excluding diaryl/α,β-unsaturated/α-hetero) is 1. The first-order valence-electron chi connectivity index (χ1n) is 2.60. The maximum atomic E-state index is 10.3. The van der Waals surface area contributed by atoms with Crippen molar-refractivity contribution in [3.05, 3.63) is 0 Å². The van der Waals surface area contributed by atoms with Gasteiger partial charge < -0.3 is 10.8 Å². The van der Waals surface area contributed by atoms with Crippen LogP contribution in [0.3, 0.4) is 0 Å². The zero-order valence-corrected chi connectivity index (χ0v) is 4.96. The molecule has 0 aromatic carbocycles. The lowest BCUT2D eigenvalue weighted by atomic mass is 10.2. The standard InChI is InChI=1S/C5H9NO3/c6-3-4(7)1-2-5(8)9/h1-3,6H2,(H,8,9)/i6+1. The third-order valence-electron chi connectivity index (χ3n) is 0.845. The third kappa shape index (κ3) is 4.96. The zero-order valence-electron chi connectivity index (χ0n) is 4.96. The molecule has 0 spiro atoms. The SMILES string of the molecule is [15NH2]CC(=O)CCC(=O)O. The molecule has 0 saturated carbocycles. The average molecular weight is 132 g/mol. The van der Waals surface area contributed by atoms with Gasteiger partial charge in [0.1, 0.15) is 5.78 Å². The molecule has 0 fully saturated rings. The minimum Gasteiger partial charge on any atom is -0.481 e. The number of ketones is 1. The number of hydrogen-bond donors (Lipinski definition) is 2. The highest BCUT2D eigenvalue weighted by Crippen LogP contribution is 1.87. The Kier molecular flexibility index (Phi) is 3.62. The van der Waals surface area contributed by atoms with E-state index < -0.39 is 5.97 Å². The summed E-state index contributed by atoms with van der Waals surface area (Å²) in [6.07, 6.45) is -0.0676. The normalized spacial score (nSPS) is 9.00. The summed E-state index contributed by atoms with van der Waals surface area (Å²) >= 11 is 0. The van der Waals surface area contributed by atoms with Crippen molar-refractivity contribution < 1.29 is 14.7 Å². The number of carboxylic acids is 1. The monoisotopic (exact) mass is 132 g/mol. The molecule has 0 aliphatic heterocycles. The first kappa shape index (κ1) is 8.10.